The summed E-state index contributed by atoms with van der Waals surface area (Å²) >= 11 is 0. The van der Waals surface area contributed by atoms with E-state index in [9.17, 15) is 9.90 Å². The minimum atomic E-state index is -0.911. The predicted molar refractivity (Wildman–Crippen MR) is 75.7 cm³/mol. The molecule has 4 heteroatoms. The Morgan fingerprint density at radius 3 is 2.63 bits per heavy atom. The fraction of sp³-hybridized carbons (Fsp3) is 0.600. The topological polar surface area (TPSA) is 62.2 Å². The van der Waals surface area contributed by atoms with Crippen LogP contribution < -0.4 is 5.32 Å². The predicted octanol–water partition coefficient (Wildman–Crippen LogP) is 3.39. The molecule has 0 radical (unpaired) electrons. The molecule has 0 amide bonds. The van der Waals surface area contributed by atoms with Crippen molar-refractivity contribution in [2.24, 2.45) is 5.41 Å². The van der Waals surface area contributed by atoms with E-state index in [0.717, 1.165) is 24.2 Å². The molecule has 104 valence electrons. The summed E-state index contributed by atoms with van der Waals surface area (Å²) in [4.78, 5) is 15.7. The lowest BCUT2D eigenvalue weighted by atomic mass is 9.67. The molecular weight excluding hydrogens is 240 g/mol. The van der Waals surface area contributed by atoms with Crippen LogP contribution in [0.25, 0.3) is 0 Å². The number of nitrogens with zero attached hydrogens (tertiary/aromatic N) is 1. The highest BCUT2D eigenvalue weighted by molar-refractivity contribution is 5.94. The molecule has 1 aromatic heterocycles. The van der Waals surface area contributed by atoms with Gasteiger partial charge in [-0.2, -0.15) is 0 Å². The van der Waals surface area contributed by atoms with Gasteiger partial charge in [0.15, 0.2) is 0 Å². The molecule has 1 aliphatic rings. The smallest absolute Gasteiger partial charge is 0.339 e. The Labute approximate surface area is 114 Å². The molecule has 1 heterocycles. The quantitative estimate of drug-likeness (QED) is 0.853. The van der Waals surface area contributed by atoms with Crippen molar-refractivity contribution in [1.29, 1.82) is 0 Å². The number of aromatic carboxylic acids is 1. The molecule has 0 saturated heterocycles. The van der Waals surface area contributed by atoms with E-state index in [1.807, 2.05) is 19.9 Å². The maximum Gasteiger partial charge on any atom is 0.339 e. The van der Waals surface area contributed by atoms with E-state index in [4.69, 9.17) is 0 Å². The van der Waals surface area contributed by atoms with Crippen LogP contribution in [0.3, 0.4) is 0 Å². The van der Waals surface area contributed by atoms with Gasteiger partial charge in [0.25, 0.3) is 0 Å². The summed E-state index contributed by atoms with van der Waals surface area (Å²) in [6.45, 7) is 6.73. The van der Waals surface area contributed by atoms with Gasteiger partial charge in [-0.05, 0) is 50.2 Å². The number of aryl methyl sites for hydroxylation is 2. The number of hydrogen-bond acceptors (Lipinski definition) is 3. The summed E-state index contributed by atoms with van der Waals surface area (Å²) in [7, 11) is 0. The maximum absolute atomic E-state index is 11.4. The first-order chi connectivity index (χ1) is 8.97. The fourth-order valence-electron chi connectivity index (χ4n) is 2.84. The molecule has 0 unspecified atom stereocenters. The first-order valence-corrected chi connectivity index (χ1v) is 6.93. The summed E-state index contributed by atoms with van der Waals surface area (Å²) in [6, 6.07) is 1.81. The molecule has 1 aromatic rings. The molecule has 2 N–H and O–H groups in total. The normalized spacial score (nSPS) is 16.8. The number of carboxylic acids is 1. The fourth-order valence-corrected chi connectivity index (χ4v) is 2.84. The molecule has 1 fully saturated rings. The molecule has 1 saturated carbocycles. The van der Waals surface area contributed by atoms with Crippen LogP contribution in [0.2, 0.25) is 0 Å². The lowest BCUT2D eigenvalue weighted by Crippen LogP contribution is -2.36. The van der Waals surface area contributed by atoms with Crippen molar-refractivity contribution in [3.05, 3.63) is 22.9 Å². The van der Waals surface area contributed by atoms with Gasteiger partial charge in [-0.3, -0.25) is 0 Å². The van der Waals surface area contributed by atoms with Gasteiger partial charge in [0, 0.05) is 12.2 Å². The summed E-state index contributed by atoms with van der Waals surface area (Å²) in [5.41, 5.74) is 2.26. The molecule has 19 heavy (non-hydrogen) atoms. The number of hydrogen-bond donors (Lipinski definition) is 2. The molecule has 0 atom stereocenters. The number of aromatic nitrogens is 1. The highest BCUT2D eigenvalue weighted by Gasteiger charge is 2.35. The SMILES string of the molecule is CCC1(CNc2nc(C)cc(C)c2C(=O)O)CCC1. The van der Waals surface area contributed by atoms with E-state index >= 15 is 0 Å². The number of nitrogens with one attached hydrogen (secondary N) is 1. The number of rotatable bonds is 5. The van der Waals surface area contributed by atoms with E-state index < -0.39 is 5.97 Å². The minimum Gasteiger partial charge on any atom is -0.478 e. The Bertz CT molecular complexity index is 488. The Morgan fingerprint density at radius 2 is 2.16 bits per heavy atom. The van der Waals surface area contributed by atoms with Crippen LogP contribution in [0, 0.1) is 19.3 Å². The van der Waals surface area contributed by atoms with Crippen molar-refractivity contribution in [2.75, 3.05) is 11.9 Å². The van der Waals surface area contributed by atoms with Crippen molar-refractivity contribution in [3.8, 4) is 0 Å². The summed E-state index contributed by atoms with van der Waals surface area (Å²) < 4.78 is 0. The molecule has 0 aromatic carbocycles. The second kappa shape index (κ2) is 5.19. The van der Waals surface area contributed by atoms with Crippen LogP contribution in [0.15, 0.2) is 6.07 Å². The molecular formula is C15H22N2O2. The summed E-state index contributed by atoms with van der Waals surface area (Å²) in [5.74, 6) is -0.392. The first kappa shape index (κ1) is 13.8. The highest BCUT2D eigenvalue weighted by atomic mass is 16.4. The first-order valence-electron chi connectivity index (χ1n) is 6.93. The molecule has 0 bridgehead atoms. The highest BCUT2D eigenvalue weighted by Crippen LogP contribution is 2.43. The van der Waals surface area contributed by atoms with Gasteiger partial charge in [0.1, 0.15) is 11.4 Å². The van der Waals surface area contributed by atoms with Crippen molar-refractivity contribution >= 4 is 11.8 Å². The third-order valence-electron chi connectivity index (χ3n) is 4.35. The van der Waals surface area contributed by atoms with Gasteiger partial charge in [0.05, 0.1) is 0 Å². The van der Waals surface area contributed by atoms with Crippen LogP contribution in [0.4, 0.5) is 5.82 Å². The van der Waals surface area contributed by atoms with Crippen molar-refractivity contribution in [1.82, 2.24) is 4.98 Å². The Hall–Kier alpha value is -1.58. The second-order valence-corrected chi connectivity index (χ2v) is 5.67. The van der Waals surface area contributed by atoms with E-state index in [1.54, 1.807) is 0 Å². The third kappa shape index (κ3) is 2.72. The summed E-state index contributed by atoms with van der Waals surface area (Å²) in [6.07, 6.45) is 4.86. The zero-order chi connectivity index (χ0) is 14.0. The van der Waals surface area contributed by atoms with Gasteiger partial charge in [-0.25, -0.2) is 9.78 Å². The average molecular weight is 262 g/mol. The number of pyridine rings is 1. The summed E-state index contributed by atoms with van der Waals surface area (Å²) in [5, 5.41) is 12.6. The molecule has 4 nitrogen and oxygen atoms in total. The monoisotopic (exact) mass is 262 g/mol. The number of anilines is 1. The molecule has 1 aliphatic carbocycles. The van der Waals surface area contributed by atoms with Gasteiger partial charge >= 0.3 is 5.97 Å². The van der Waals surface area contributed by atoms with E-state index in [1.165, 1.54) is 19.3 Å². The van der Waals surface area contributed by atoms with Crippen LogP contribution in [-0.2, 0) is 0 Å². The largest absolute Gasteiger partial charge is 0.478 e. The third-order valence-corrected chi connectivity index (χ3v) is 4.35. The van der Waals surface area contributed by atoms with Gasteiger partial charge < -0.3 is 10.4 Å². The average Bonchev–Trinajstić information content (AvgIpc) is 2.26. The van der Waals surface area contributed by atoms with Gasteiger partial charge in [0.2, 0.25) is 0 Å². The maximum atomic E-state index is 11.4. The van der Waals surface area contributed by atoms with Crippen molar-refractivity contribution in [2.45, 2.75) is 46.5 Å². The van der Waals surface area contributed by atoms with Gasteiger partial charge in [-0.1, -0.05) is 13.3 Å². The van der Waals surface area contributed by atoms with Crippen molar-refractivity contribution in [3.63, 3.8) is 0 Å². The lowest BCUT2D eigenvalue weighted by molar-refractivity contribution is 0.0696. The Morgan fingerprint density at radius 1 is 1.47 bits per heavy atom. The van der Waals surface area contributed by atoms with Crippen molar-refractivity contribution < 1.29 is 9.90 Å². The van der Waals surface area contributed by atoms with E-state index in [-0.39, 0.29) is 0 Å². The second-order valence-electron chi connectivity index (χ2n) is 5.67. The lowest BCUT2D eigenvalue weighted by Gasteiger charge is -2.41. The van der Waals surface area contributed by atoms with E-state index in [0.29, 0.717) is 16.8 Å². The Balaban J connectivity index is 2.21. The minimum absolute atomic E-state index is 0.302. The van der Waals surface area contributed by atoms with Crippen LogP contribution >= 0.6 is 0 Å². The van der Waals surface area contributed by atoms with Crippen LogP contribution in [0.5, 0.6) is 0 Å². The molecule has 2 rings (SSSR count). The Kier molecular flexibility index (Phi) is 3.78. The van der Waals surface area contributed by atoms with Crippen LogP contribution in [-0.4, -0.2) is 22.6 Å². The van der Waals surface area contributed by atoms with E-state index in [2.05, 4.69) is 17.2 Å². The van der Waals surface area contributed by atoms with Crippen LogP contribution in [0.1, 0.15) is 54.2 Å². The standard InChI is InChI=1S/C15H22N2O2/c1-4-15(6-5-7-15)9-16-13-12(14(18)19)10(2)8-11(3)17-13/h8H,4-7,9H2,1-3H3,(H,16,17)(H,18,19). The zero-order valence-electron chi connectivity index (χ0n) is 11.9. The number of carboxylic acid groups (broad SMARTS) is 1. The number of carbonyl (C=O) groups is 1. The van der Waals surface area contributed by atoms with Gasteiger partial charge in [-0.15, -0.1) is 0 Å². The molecule has 0 spiro atoms. The zero-order valence-corrected chi connectivity index (χ0v) is 11.9. The molecule has 0 aliphatic heterocycles.